The molecule has 1 heterocycles. The molecule has 98 valence electrons. The molecule has 0 aliphatic rings. The van der Waals surface area contributed by atoms with Gasteiger partial charge in [0.1, 0.15) is 12.0 Å². The van der Waals surface area contributed by atoms with Crippen molar-refractivity contribution in [3.05, 3.63) is 50.6 Å². The first-order valence-corrected chi connectivity index (χ1v) is 5.62. The summed E-state index contributed by atoms with van der Waals surface area (Å²) >= 11 is 11.3. The van der Waals surface area contributed by atoms with E-state index in [0.29, 0.717) is 0 Å². The van der Waals surface area contributed by atoms with Gasteiger partial charge in [0, 0.05) is 5.02 Å². The number of hydrogen-bond acceptors (Lipinski definition) is 5. The maximum absolute atomic E-state index is 13.5. The normalized spacial score (nSPS) is 10.3. The first kappa shape index (κ1) is 13.4. The zero-order valence-electron chi connectivity index (χ0n) is 9.10. The van der Waals surface area contributed by atoms with Gasteiger partial charge < -0.3 is 5.32 Å². The van der Waals surface area contributed by atoms with Gasteiger partial charge in [-0.2, -0.15) is 4.98 Å². The summed E-state index contributed by atoms with van der Waals surface area (Å²) in [5.74, 6) is -0.848. The van der Waals surface area contributed by atoms with Gasteiger partial charge in [-0.05, 0) is 29.8 Å². The number of nitro groups is 1. The lowest BCUT2D eigenvalue weighted by Gasteiger charge is -2.07. The van der Waals surface area contributed by atoms with E-state index in [0.717, 1.165) is 12.3 Å². The maximum atomic E-state index is 13.5. The van der Waals surface area contributed by atoms with E-state index in [1.165, 1.54) is 12.1 Å². The summed E-state index contributed by atoms with van der Waals surface area (Å²) < 4.78 is 13.5. The van der Waals surface area contributed by atoms with Gasteiger partial charge in [-0.15, -0.1) is 0 Å². The average molecular weight is 303 g/mol. The van der Waals surface area contributed by atoms with Crippen molar-refractivity contribution in [2.24, 2.45) is 0 Å². The molecule has 0 amide bonds. The fraction of sp³-hybridized carbons (Fsp3) is 0. The molecule has 0 radical (unpaired) electrons. The molecule has 1 N–H and O–H groups in total. The number of rotatable bonds is 3. The molecule has 0 saturated carbocycles. The van der Waals surface area contributed by atoms with Crippen LogP contribution in [0.25, 0.3) is 0 Å². The second-order valence-corrected chi connectivity index (χ2v) is 4.15. The molecular weight excluding hydrogens is 298 g/mol. The fourth-order valence-electron chi connectivity index (χ4n) is 1.30. The zero-order valence-corrected chi connectivity index (χ0v) is 10.6. The summed E-state index contributed by atoms with van der Waals surface area (Å²) in [4.78, 5) is 17.2. The Hall–Kier alpha value is -1.99. The number of halogens is 3. The summed E-state index contributed by atoms with van der Waals surface area (Å²) in [6.45, 7) is 0. The van der Waals surface area contributed by atoms with Gasteiger partial charge in [0.15, 0.2) is 0 Å². The Labute approximate surface area is 116 Å². The third kappa shape index (κ3) is 3.07. The highest BCUT2D eigenvalue weighted by atomic mass is 35.5. The Balaban J connectivity index is 2.45. The lowest BCUT2D eigenvalue weighted by molar-refractivity contribution is -0.384. The minimum absolute atomic E-state index is 0.0506. The number of hydrogen-bond donors (Lipinski definition) is 1. The lowest BCUT2D eigenvalue weighted by Crippen LogP contribution is -2.02. The number of nitrogens with one attached hydrogen (secondary N) is 1. The Morgan fingerprint density at radius 3 is 2.79 bits per heavy atom. The summed E-state index contributed by atoms with van der Waals surface area (Å²) in [5, 5.41) is 13.3. The summed E-state index contributed by atoms with van der Waals surface area (Å²) in [5.41, 5.74) is -0.478. The SMILES string of the molecule is O=[N+]([O-])c1cnc(Cl)nc1Nc1cc(Cl)ccc1F. The lowest BCUT2D eigenvalue weighted by atomic mass is 10.3. The van der Waals surface area contributed by atoms with Gasteiger partial charge in [-0.3, -0.25) is 10.1 Å². The third-order valence-electron chi connectivity index (χ3n) is 2.12. The van der Waals surface area contributed by atoms with Crippen molar-refractivity contribution in [2.75, 3.05) is 5.32 Å². The first-order chi connectivity index (χ1) is 8.97. The van der Waals surface area contributed by atoms with Crippen molar-refractivity contribution in [3.8, 4) is 0 Å². The monoisotopic (exact) mass is 302 g/mol. The van der Waals surface area contributed by atoms with Gasteiger partial charge in [0.2, 0.25) is 11.1 Å². The molecule has 0 aliphatic heterocycles. The van der Waals surface area contributed by atoms with Gasteiger partial charge in [0.05, 0.1) is 10.6 Å². The van der Waals surface area contributed by atoms with Crippen LogP contribution < -0.4 is 5.32 Å². The van der Waals surface area contributed by atoms with Crippen molar-refractivity contribution in [1.29, 1.82) is 0 Å². The minimum atomic E-state index is -0.707. The van der Waals surface area contributed by atoms with E-state index in [-0.39, 0.29) is 21.8 Å². The van der Waals surface area contributed by atoms with E-state index in [4.69, 9.17) is 23.2 Å². The number of benzene rings is 1. The average Bonchev–Trinajstić information content (AvgIpc) is 2.33. The van der Waals surface area contributed by atoms with Gasteiger partial charge in [-0.1, -0.05) is 11.6 Å². The van der Waals surface area contributed by atoms with Gasteiger partial charge in [-0.25, -0.2) is 9.37 Å². The molecule has 9 heteroatoms. The van der Waals surface area contributed by atoms with E-state index < -0.39 is 16.4 Å². The fourth-order valence-corrected chi connectivity index (χ4v) is 1.61. The van der Waals surface area contributed by atoms with Crippen LogP contribution in [0.3, 0.4) is 0 Å². The number of aromatic nitrogens is 2. The number of anilines is 2. The van der Waals surface area contributed by atoms with Crippen LogP contribution in [-0.2, 0) is 0 Å². The minimum Gasteiger partial charge on any atom is -0.332 e. The van der Waals surface area contributed by atoms with Crippen LogP contribution in [0.2, 0.25) is 10.3 Å². The molecule has 0 aliphatic carbocycles. The van der Waals surface area contributed by atoms with E-state index >= 15 is 0 Å². The van der Waals surface area contributed by atoms with Gasteiger partial charge >= 0.3 is 5.69 Å². The van der Waals surface area contributed by atoms with Crippen LogP contribution in [0.5, 0.6) is 0 Å². The molecule has 2 rings (SSSR count). The smallest absolute Gasteiger partial charge is 0.329 e. The van der Waals surface area contributed by atoms with Crippen LogP contribution in [0.4, 0.5) is 21.6 Å². The second kappa shape index (κ2) is 5.33. The van der Waals surface area contributed by atoms with Crippen molar-refractivity contribution in [2.45, 2.75) is 0 Å². The Morgan fingerprint density at radius 2 is 2.11 bits per heavy atom. The molecule has 0 fully saturated rings. The molecule has 0 unspecified atom stereocenters. The van der Waals surface area contributed by atoms with Crippen molar-refractivity contribution in [1.82, 2.24) is 9.97 Å². The summed E-state index contributed by atoms with van der Waals surface area (Å²) in [7, 11) is 0. The summed E-state index contributed by atoms with van der Waals surface area (Å²) in [6, 6.07) is 3.75. The molecule has 2 aromatic rings. The van der Waals surface area contributed by atoms with Crippen LogP contribution >= 0.6 is 23.2 Å². The Morgan fingerprint density at radius 1 is 1.37 bits per heavy atom. The first-order valence-electron chi connectivity index (χ1n) is 4.86. The molecule has 1 aromatic heterocycles. The van der Waals surface area contributed by atoms with Crippen molar-refractivity contribution < 1.29 is 9.31 Å². The largest absolute Gasteiger partial charge is 0.332 e. The van der Waals surface area contributed by atoms with Crippen molar-refractivity contribution >= 4 is 40.4 Å². The third-order valence-corrected chi connectivity index (χ3v) is 2.54. The summed E-state index contributed by atoms with van der Waals surface area (Å²) in [6.07, 6.45) is 0.931. The zero-order chi connectivity index (χ0) is 14.0. The number of nitrogens with zero attached hydrogens (tertiary/aromatic N) is 3. The van der Waals surface area contributed by atoms with Crippen LogP contribution in [0.1, 0.15) is 0 Å². The molecule has 0 atom stereocenters. The van der Waals surface area contributed by atoms with Gasteiger partial charge in [0.25, 0.3) is 0 Å². The highest BCUT2D eigenvalue weighted by Gasteiger charge is 2.18. The molecule has 0 spiro atoms. The Kier molecular flexibility index (Phi) is 3.77. The van der Waals surface area contributed by atoms with E-state index in [1.54, 1.807) is 0 Å². The Bertz CT molecular complexity index is 653. The standard InChI is InChI=1S/C10H5Cl2FN4O2/c11-5-1-2-6(13)7(3-5)15-9-8(17(18)19)4-14-10(12)16-9/h1-4H,(H,14,15,16). The molecule has 19 heavy (non-hydrogen) atoms. The predicted molar refractivity (Wildman–Crippen MR) is 68.4 cm³/mol. The molecule has 6 nitrogen and oxygen atoms in total. The van der Waals surface area contributed by atoms with Crippen LogP contribution in [0, 0.1) is 15.9 Å². The van der Waals surface area contributed by atoms with E-state index in [2.05, 4.69) is 15.3 Å². The molecule has 1 aromatic carbocycles. The van der Waals surface area contributed by atoms with Crippen LogP contribution in [-0.4, -0.2) is 14.9 Å². The predicted octanol–water partition coefficient (Wildman–Crippen LogP) is 3.57. The molecule has 0 bridgehead atoms. The highest BCUT2D eigenvalue weighted by Crippen LogP contribution is 2.28. The topological polar surface area (TPSA) is 81.0 Å². The van der Waals surface area contributed by atoms with Crippen molar-refractivity contribution in [3.63, 3.8) is 0 Å². The highest BCUT2D eigenvalue weighted by molar-refractivity contribution is 6.30. The van der Waals surface area contributed by atoms with E-state index in [1.807, 2.05) is 0 Å². The quantitative estimate of drug-likeness (QED) is 0.532. The molecular formula is C10H5Cl2FN4O2. The molecule has 0 saturated heterocycles. The van der Waals surface area contributed by atoms with E-state index in [9.17, 15) is 14.5 Å². The maximum Gasteiger partial charge on any atom is 0.329 e. The van der Waals surface area contributed by atoms with Crippen LogP contribution in [0.15, 0.2) is 24.4 Å². The second-order valence-electron chi connectivity index (χ2n) is 3.38.